The highest BCUT2D eigenvalue weighted by molar-refractivity contribution is 7.89. The number of sulfonamides is 1. The van der Waals surface area contributed by atoms with E-state index < -0.39 is 16.0 Å². The summed E-state index contributed by atoms with van der Waals surface area (Å²) in [7, 11) is -3.69. The largest absolute Gasteiger partial charge is 0.456 e. The maximum atomic E-state index is 12.2. The van der Waals surface area contributed by atoms with Crippen LogP contribution in [0.4, 0.5) is 0 Å². The predicted octanol–water partition coefficient (Wildman–Crippen LogP) is 0.880. The third-order valence-electron chi connectivity index (χ3n) is 4.20. The molecule has 8 nitrogen and oxygen atoms in total. The molecule has 1 heterocycles. The molecule has 1 aromatic carbocycles. The summed E-state index contributed by atoms with van der Waals surface area (Å²) in [4.78, 5) is 25.3. The number of amides is 1. The summed E-state index contributed by atoms with van der Waals surface area (Å²) in [6.07, 6.45) is -0.153. The fraction of sp³-hybridized carbons (Fsp3) is 0.556. The van der Waals surface area contributed by atoms with Gasteiger partial charge in [0.1, 0.15) is 0 Å². The van der Waals surface area contributed by atoms with Crippen molar-refractivity contribution in [3.05, 3.63) is 29.8 Å². The second kappa shape index (κ2) is 9.82. The molecule has 0 saturated carbocycles. The van der Waals surface area contributed by atoms with Crippen LogP contribution in [0.3, 0.4) is 0 Å². The van der Waals surface area contributed by atoms with Crippen LogP contribution in [0, 0.1) is 0 Å². The number of morpholine rings is 1. The van der Waals surface area contributed by atoms with Gasteiger partial charge in [-0.05, 0) is 23.6 Å². The summed E-state index contributed by atoms with van der Waals surface area (Å²) in [6, 6.07) is 6.61. The van der Waals surface area contributed by atoms with Crippen LogP contribution < -0.4 is 4.72 Å². The van der Waals surface area contributed by atoms with Gasteiger partial charge in [0, 0.05) is 19.6 Å². The topological polar surface area (TPSA) is 102 Å². The fourth-order valence-electron chi connectivity index (χ4n) is 2.52. The number of hydrogen-bond donors (Lipinski definition) is 1. The molecule has 1 aliphatic rings. The van der Waals surface area contributed by atoms with Crippen LogP contribution in [-0.2, 0) is 29.1 Å². The first-order valence-electron chi connectivity index (χ1n) is 8.90. The minimum Gasteiger partial charge on any atom is -0.456 e. The summed E-state index contributed by atoms with van der Waals surface area (Å²) in [5.41, 5.74) is 1.04. The van der Waals surface area contributed by atoms with Gasteiger partial charge < -0.3 is 14.4 Å². The van der Waals surface area contributed by atoms with Gasteiger partial charge in [-0.3, -0.25) is 9.59 Å². The summed E-state index contributed by atoms with van der Waals surface area (Å²) in [5.74, 6) is -0.600. The van der Waals surface area contributed by atoms with Gasteiger partial charge in [0.2, 0.25) is 10.0 Å². The van der Waals surface area contributed by atoms with E-state index >= 15 is 0 Å². The zero-order chi connectivity index (χ0) is 19.9. The van der Waals surface area contributed by atoms with Crippen LogP contribution in [-0.4, -0.2) is 64.6 Å². The van der Waals surface area contributed by atoms with Crippen molar-refractivity contribution in [3.63, 3.8) is 0 Å². The standard InChI is InChI=1S/C18H26N2O6S/c1-14(2)15-3-5-16(6-4-15)27(23,24)19-8-7-18(22)26-13-17(21)20-9-11-25-12-10-20/h3-6,14,19H,7-13H2,1-2H3. The Morgan fingerprint density at radius 3 is 2.41 bits per heavy atom. The van der Waals surface area contributed by atoms with Gasteiger partial charge in [0.15, 0.2) is 6.61 Å². The second-order valence-electron chi connectivity index (χ2n) is 6.53. The maximum Gasteiger partial charge on any atom is 0.307 e. The van der Waals surface area contributed by atoms with E-state index in [2.05, 4.69) is 4.72 Å². The molecule has 9 heteroatoms. The highest BCUT2D eigenvalue weighted by Gasteiger charge is 2.19. The fourth-order valence-corrected chi connectivity index (χ4v) is 3.55. The maximum absolute atomic E-state index is 12.2. The Hall–Kier alpha value is -1.97. The molecule has 0 radical (unpaired) electrons. The van der Waals surface area contributed by atoms with E-state index in [0.717, 1.165) is 5.56 Å². The molecule has 0 aliphatic carbocycles. The Bertz CT molecular complexity index is 740. The average Bonchev–Trinajstić information content (AvgIpc) is 2.66. The molecule has 0 aromatic heterocycles. The van der Waals surface area contributed by atoms with Crippen LogP contribution >= 0.6 is 0 Å². The van der Waals surface area contributed by atoms with Crippen LogP contribution in [0.1, 0.15) is 31.7 Å². The van der Waals surface area contributed by atoms with E-state index in [1.807, 2.05) is 13.8 Å². The molecule has 0 spiro atoms. The minimum absolute atomic E-state index is 0.0984. The van der Waals surface area contributed by atoms with Crippen LogP contribution in [0.2, 0.25) is 0 Å². The molecule has 27 heavy (non-hydrogen) atoms. The summed E-state index contributed by atoms with van der Waals surface area (Å²) >= 11 is 0. The van der Waals surface area contributed by atoms with Crippen molar-refractivity contribution in [2.75, 3.05) is 39.5 Å². The molecule has 1 aromatic rings. The highest BCUT2D eigenvalue weighted by Crippen LogP contribution is 2.17. The number of carbonyl (C=O) groups is 2. The smallest absolute Gasteiger partial charge is 0.307 e. The van der Waals surface area contributed by atoms with Crippen LogP contribution in [0.15, 0.2) is 29.2 Å². The Morgan fingerprint density at radius 2 is 1.81 bits per heavy atom. The molecule has 0 bridgehead atoms. The number of ether oxygens (including phenoxy) is 2. The summed E-state index contributed by atoms with van der Waals surface area (Å²) < 4.78 is 36.9. The van der Waals surface area contributed by atoms with E-state index in [-0.39, 0.29) is 30.4 Å². The van der Waals surface area contributed by atoms with Crippen molar-refractivity contribution in [1.29, 1.82) is 0 Å². The number of esters is 1. The summed E-state index contributed by atoms with van der Waals surface area (Å²) in [5, 5.41) is 0. The van der Waals surface area contributed by atoms with E-state index in [1.165, 1.54) is 12.1 Å². The number of benzene rings is 1. The summed E-state index contributed by atoms with van der Waals surface area (Å²) in [6.45, 7) is 5.51. The molecule has 150 valence electrons. The number of rotatable bonds is 8. The van der Waals surface area contributed by atoms with Gasteiger partial charge in [0.25, 0.3) is 5.91 Å². The second-order valence-corrected chi connectivity index (χ2v) is 8.29. The molecule has 2 rings (SSSR count). The number of hydrogen-bond acceptors (Lipinski definition) is 6. The number of nitrogens with zero attached hydrogens (tertiary/aromatic N) is 1. The lowest BCUT2D eigenvalue weighted by atomic mass is 10.0. The molecule has 0 unspecified atom stereocenters. The molecule has 1 amide bonds. The molecule has 1 aliphatic heterocycles. The van der Waals surface area contributed by atoms with Crippen LogP contribution in [0.5, 0.6) is 0 Å². The molecule has 1 N–H and O–H groups in total. The van der Waals surface area contributed by atoms with Crippen molar-refractivity contribution in [1.82, 2.24) is 9.62 Å². The van der Waals surface area contributed by atoms with Gasteiger partial charge >= 0.3 is 5.97 Å². The normalized spacial score (nSPS) is 15.0. The van der Waals surface area contributed by atoms with E-state index in [4.69, 9.17) is 9.47 Å². The molecular formula is C18H26N2O6S. The van der Waals surface area contributed by atoms with E-state index in [0.29, 0.717) is 32.2 Å². The third kappa shape index (κ3) is 6.60. The lowest BCUT2D eigenvalue weighted by Gasteiger charge is -2.26. The van der Waals surface area contributed by atoms with Crippen molar-refractivity contribution < 1.29 is 27.5 Å². The van der Waals surface area contributed by atoms with Gasteiger partial charge in [-0.2, -0.15) is 0 Å². The molecule has 0 atom stereocenters. The Kier molecular flexibility index (Phi) is 7.76. The van der Waals surface area contributed by atoms with Crippen LogP contribution in [0.25, 0.3) is 0 Å². The lowest BCUT2D eigenvalue weighted by Crippen LogP contribution is -2.42. The van der Waals surface area contributed by atoms with Crippen molar-refractivity contribution in [2.24, 2.45) is 0 Å². The first-order chi connectivity index (χ1) is 12.8. The monoisotopic (exact) mass is 398 g/mol. The molecule has 1 fully saturated rings. The van der Waals surface area contributed by atoms with Crippen molar-refractivity contribution in [2.45, 2.75) is 31.1 Å². The Morgan fingerprint density at radius 1 is 1.19 bits per heavy atom. The SMILES string of the molecule is CC(C)c1ccc(S(=O)(=O)NCCC(=O)OCC(=O)N2CCOCC2)cc1. The quantitative estimate of drug-likeness (QED) is 0.652. The van der Waals surface area contributed by atoms with Gasteiger partial charge in [-0.25, -0.2) is 13.1 Å². The lowest BCUT2D eigenvalue weighted by molar-refractivity contribution is -0.153. The van der Waals surface area contributed by atoms with Gasteiger partial charge in [-0.15, -0.1) is 0 Å². The zero-order valence-corrected chi connectivity index (χ0v) is 16.5. The Balaban J connectivity index is 1.73. The minimum atomic E-state index is -3.69. The molecular weight excluding hydrogens is 372 g/mol. The van der Waals surface area contributed by atoms with Crippen molar-refractivity contribution >= 4 is 21.9 Å². The Labute approximate surface area is 159 Å². The highest BCUT2D eigenvalue weighted by atomic mass is 32.2. The zero-order valence-electron chi connectivity index (χ0n) is 15.6. The van der Waals surface area contributed by atoms with E-state index in [9.17, 15) is 18.0 Å². The number of carbonyl (C=O) groups excluding carboxylic acids is 2. The van der Waals surface area contributed by atoms with E-state index in [1.54, 1.807) is 17.0 Å². The van der Waals surface area contributed by atoms with Gasteiger partial charge in [0.05, 0.1) is 24.5 Å². The van der Waals surface area contributed by atoms with Gasteiger partial charge in [-0.1, -0.05) is 26.0 Å². The predicted molar refractivity (Wildman–Crippen MR) is 98.7 cm³/mol. The third-order valence-corrected chi connectivity index (χ3v) is 5.68. The molecule has 1 saturated heterocycles. The first-order valence-corrected chi connectivity index (χ1v) is 10.4. The number of nitrogens with one attached hydrogen (secondary N) is 1. The first kappa shape index (κ1) is 21.3. The van der Waals surface area contributed by atoms with Crippen molar-refractivity contribution in [3.8, 4) is 0 Å². The average molecular weight is 398 g/mol.